The fraction of sp³-hybridized carbons (Fsp3) is 0. The normalized spacial score (nSPS) is 10.1. The van der Waals surface area contributed by atoms with Gasteiger partial charge in [0, 0.05) is 4.47 Å². The van der Waals surface area contributed by atoms with Crippen molar-refractivity contribution in [3.63, 3.8) is 0 Å². The van der Waals surface area contributed by atoms with E-state index in [0.29, 0.717) is 5.13 Å². The van der Waals surface area contributed by atoms with Crippen molar-refractivity contribution in [1.82, 2.24) is 4.98 Å². The van der Waals surface area contributed by atoms with Gasteiger partial charge in [0.15, 0.2) is 5.13 Å². The van der Waals surface area contributed by atoms with Crippen LogP contribution in [0, 0.1) is 0 Å². The molecule has 0 radical (unpaired) electrons. The second kappa shape index (κ2) is 4.63. The van der Waals surface area contributed by atoms with Gasteiger partial charge in [-0.1, -0.05) is 23.5 Å². The first-order valence-electron chi connectivity index (χ1n) is 4.37. The minimum Gasteiger partial charge on any atom is -0.477 e. The fourth-order valence-corrected chi connectivity index (χ4v) is 2.16. The second-order valence-corrected chi connectivity index (χ2v) is 4.82. The molecule has 0 fully saturated rings. The highest BCUT2D eigenvalue weighted by Gasteiger charge is 2.09. The average molecular weight is 299 g/mol. The SMILES string of the molecule is O=C(O)c1cnc(Nc2ccccc2Br)s1. The minimum absolute atomic E-state index is 0.217. The number of hydrogen-bond donors (Lipinski definition) is 2. The highest BCUT2D eigenvalue weighted by atomic mass is 79.9. The lowest BCUT2D eigenvalue weighted by Gasteiger charge is -2.03. The molecule has 0 unspecified atom stereocenters. The van der Waals surface area contributed by atoms with Crippen LogP contribution in [0.1, 0.15) is 9.67 Å². The Morgan fingerprint density at radius 2 is 2.19 bits per heavy atom. The summed E-state index contributed by atoms with van der Waals surface area (Å²) >= 11 is 4.49. The van der Waals surface area contributed by atoms with Gasteiger partial charge in [0.2, 0.25) is 0 Å². The van der Waals surface area contributed by atoms with E-state index < -0.39 is 5.97 Å². The van der Waals surface area contributed by atoms with Gasteiger partial charge in [-0.2, -0.15) is 0 Å². The predicted molar refractivity (Wildman–Crippen MR) is 66.5 cm³/mol. The van der Waals surface area contributed by atoms with Crippen molar-refractivity contribution in [3.8, 4) is 0 Å². The van der Waals surface area contributed by atoms with Crippen LogP contribution in [0.3, 0.4) is 0 Å². The van der Waals surface area contributed by atoms with E-state index in [0.717, 1.165) is 21.5 Å². The number of carboxylic acid groups (broad SMARTS) is 1. The molecule has 0 atom stereocenters. The van der Waals surface area contributed by atoms with Crippen LogP contribution < -0.4 is 5.32 Å². The van der Waals surface area contributed by atoms with Crippen molar-refractivity contribution in [1.29, 1.82) is 0 Å². The lowest BCUT2D eigenvalue weighted by molar-refractivity contribution is 0.0702. The summed E-state index contributed by atoms with van der Waals surface area (Å²) in [7, 11) is 0. The van der Waals surface area contributed by atoms with E-state index in [4.69, 9.17) is 5.11 Å². The van der Waals surface area contributed by atoms with Gasteiger partial charge in [0.1, 0.15) is 4.88 Å². The standard InChI is InChI=1S/C10H7BrN2O2S/c11-6-3-1-2-4-7(6)13-10-12-5-8(16-10)9(14)15/h1-5H,(H,12,13)(H,14,15). The maximum absolute atomic E-state index is 10.7. The summed E-state index contributed by atoms with van der Waals surface area (Å²) in [6, 6.07) is 7.57. The van der Waals surface area contributed by atoms with Crippen LogP contribution in [0.25, 0.3) is 0 Å². The minimum atomic E-state index is -0.960. The third-order valence-corrected chi connectivity index (χ3v) is 3.42. The molecular weight excluding hydrogens is 292 g/mol. The first-order valence-corrected chi connectivity index (χ1v) is 5.98. The summed E-state index contributed by atoms with van der Waals surface area (Å²) in [5.74, 6) is -0.960. The lowest BCUT2D eigenvalue weighted by Crippen LogP contribution is -1.90. The number of carboxylic acids is 1. The van der Waals surface area contributed by atoms with E-state index in [9.17, 15) is 4.79 Å². The van der Waals surface area contributed by atoms with Crippen LogP contribution in [0.15, 0.2) is 34.9 Å². The van der Waals surface area contributed by atoms with Crippen molar-refractivity contribution in [2.75, 3.05) is 5.32 Å². The number of aromatic nitrogens is 1. The Balaban J connectivity index is 2.21. The molecule has 0 saturated carbocycles. The highest BCUT2D eigenvalue weighted by molar-refractivity contribution is 9.10. The Hall–Kier alpha value is -1.40. The van der Waals surface area contributed by atoms with Crippen LogP contribution in [0.5, 0.6) is 0 Å². The van der Waals surface area contributed by atoms with Crippen molar-refractivity contribution in [2.45, 2.75) is 0 Å². The van der Waals surface area contributed by atoms with Crippen LogP contribution in [0.2, 0.25) is 0 Å². The molecule has 0 amide bonds. The molecule has 0 spiro atoms. The van der Waals surface area contributed by atoms with Crippen molar-refractivity contribution in [3.05, 3.63) is 39.8 Å². The van der Waals surface area contributed by atoms with Crippen LogP contribution in [-0.4, -0.2) is 16.1 Å². The Kier molecular flexibility index (Phi) is 3.21. The summed E-state index contributed by atoms with van der Waals surface area (Å²) < 4.78 is 0.905. The molecule has 2 rings (SSSR count). The van der Waals surface area contributed by atoms with Crippen LogP contribution >= 0.6 is 27.3 Å². The second-order valence-electron chi connectivity index (χ2n) is 2.94. The van der Waals surface area contributed by atoms with Gasteiger partial charge in [0.05, 0.1) is 11.9 Å². The third-order valence-electron chi connectivity index (χ3n) is 1.83. The summed E-state index contributed by atoms with van der Waals surface area (Å²) in [4.78, 5) is 14.9. The average Bonchev–Trinajstić information content (AvgIpc) is 2.70. The number of halogens is 1. The number of benzene rings is 1. The number of thiazole rings is 1. The number of nitrogens with zero attached hydrogens (tertiary/aromatic N) is 1. The van der Waals surface area contributed by atoms with Crippen molar-refractivity contribution in [2.24, 2.45) is 0 Å². The van der Waals surface area contributed by atoms with Gasteiger partial charge < -0.3 is 10.4 Å². The first kappa shape index (κ1) is 11.1. The monoisotopic (exact) mass is 298 g/mol. The molecule has 1 heterocycles. The maximum atomic E-state index is 10.7. The molecule has 0 aliphatic heterocycles. The number of nitrogens with one attached hydrogen (secondary N) is 1. The number of aromatic carboxylic acids is 1. The van der Waals surface area contributed by atoms with Crippen molar-refractivity contribution < 1.29 is 9.90 Å². The molecule has 6 heteroatoms. The summed E-state index contributed by atoms with van der Waals surface area (Å²) in [5, 5.41) is 12.4. The van der Waals surface area contributed by atoms with Gasteiger partial charge in [-0.3, -0.25) is 0 Å². The van der Waals surface area contributed by atoms with E-state index in [1.807, 2.05) is 24.3 Å². The molecule has 0 bridgehead atoms. The summed E-state index contributed by atoms with van der Waals surface area (Å²) in [5.41, 5.74) is 0.855. The lowest BCUT2D eigenvalue weighted by atomic mass is 10.3. The van der Waals surface area contributed by atoms with E-state index in [1.54, 1.807) is 0 Å². The molecule has 0 aliphatic rings. The third kappa shape index (κ3) is 2.40. The maximum Gasteiger partial charge on any atom is 0.347 e. The largest absolute Gasteiger partial charge is 0.477 e. The quantitative estimate of drug-likeness (QED) is 0.912. The Labute approximate surface area is 104 Å². The van der Waals surface area contributed by atoms with E-state index >= 15 is 0 Å². The fourth-order valence-electron chi connectivity index (χ4n) is 1.11. The highest BCUT2D eigenvalue weighted by Crippen LogP contribution is 2.27. The zero-order chi connectivity index (χ0) is 11.5. The summed E-state index contributed by atoms with van der Waals surface area (Å²) in [6.45, 7) is 0. The molecule has 4 nitrogen and oxygen atoms in total. The Morgan fingerprint density at radius 3 is 2.81 bits per heavy atom. The molecule has 1 aromatic heterocycles. The molecule has 0 aliphatic carbocycles. The van der Waals surface area contributed by atoms with Gasteiger partial charge in [-0.05, 0) is 28.1 Å². The molecule has 82 valence electrons. The number of rotatable bonds is 3. The number of carbonyl (C=O) groups is 1. The van der Waals surface area contributed by atoms with Crippen molar-refractivity contribution >= 4 is 44.1 Å². The van der Waals surface area contributed by atoms with Gasteiger partial charge in [-0.25, -0.2) is 9.78 Å². The molecule has 1 aromatic carbocycles. The Morgan fingerprint density at radius 1 is 1.44 bits per heavy atom. The topological polar surface area (TPSA) is 62.2 Å². The van der Waals surface area contributed by atoms with E-state index in [-0.39, 0.29) is 4.88 Å². The zero-order valence-electron chi connectivity index (χ0n) is 7.98. The molecule has 0 saturated heterocycles. The zero-order valence-corrected chi connectivity index (χ0v) is 10.4. The number of para-hydroxylation sites is 1. The molecular formula is C10H7BrN2O2S. The summed E-state index contributed by atoms with van der Waals surface area (Å²) in [6.07, 6.45) is 1.34. The van der Waals surface area contributed by atoms with Crippen LogP contribution in [0.4, 0.5) is 10.8 Å². The van der Waals surface area contributed by atoms with Crippen LogP contribution in [-0.2, 0) is 0 Å². The van der Waals surface area contributed by atoms with E-state index in [1.165, 1.54) is 6.20 Å². The number of hydrogen-bond acceptors (Lipinski definition) is 4. The van der Waals surface area contributed by atoms with Gasteiger partial charge in [0.25, 0.3) is 0 Å². The predicted octanol–water partition coefficient (Wildman–Crippen LogP) is 3.35. The van der Waals surface area contributed by atoms with E-state index in [2.05, 4.69) is 26.2 Å². The number of anilines is 2. The molecule has 2 N–H and O–H groups in total. The Bertz CT molecular complexity index is 527. The van der Waals surface area contributed by atoms with Gasteiger partial charge >= 0.3 is 5.97 Å². The first-order chi connectivity index (χ1) is 7.66. The smallest absolute Gasteiger partial charge is 0.347 e. The van der Waals surface area contributed by atoms with Gasteiger partial charge in [-0.15, -0.1) is 0 Å². The molecule has 16 heavy (non-hydrogen) atoms. The molecule has 2 aromatic rings.